The van der Waals surface area contributed by atoms with Gasteiger partial charge in [-0.2, -0.15) is 5.26 Å². The number of hydrogen-bond donors (Lipinski definition) is 2. The van der Waals surface area contributed by atoms with Gasteiger partial charge in [0.25, 0.3) is 5.91 Å². The molecular formula is C46H65N5O3S. The van der Waals surface area contributed by atoms with Crippen molar-refractivity contribution < 1.29 is 14.3 Å². The number of benzene rings is 2. The minimum atomic E-state index is -0.612. The van der Waals surface area contributed by atoms with Crippen molar-refractivity contribution in [1.82, 2.24) is 10.2 Å². The van der Waals surface area contributed by atoms with Gasteiger partial charge < -0.3 is 15.4 Å². The van der Waals surface area contributed by atoms with E-state index in [9.17, 15) is 14.9 Å². The van der Waals surface area contributed by atoms with Crippen molar-refractivity contribution in [3.63, 3.8) is 0 Å². The Morgan fingerprint density at radius 3 is 2.35 bits per heavy atom. The number of allylic oxidation sites excluding steroid dienone is 3. The number of fused-ring (bicyclic) bond motifs is 1. The van der Waals surface area contributed by atoms with Gasteiger partial charge in [-0.3, -0.25) is 14.6 Å². The van der Waals surface area contributed by atoms with Gasteiger partial charge in [-0.15, -0.1) is 0 Å². The van der Waals surface area contributed by atoms with E-state index in [-0.39, 0.29) is 5.91 Å². The summed E-state index contributed by atoms with van der Waals surface area (Å²) in [4.78, 5) is 33.4. The molecule has 3 amide bonds. The lowest BCUT2D eigenvalue weighted by molar-refractivity contribution is -0.112. The molecule has 0 saturated carbocycles. The number of hydrogen-bond acceptors (Lipinski definition) is 6. The van der Waals surface area contributed by atoms with Crippen molar-refractivity contribution in [2.45, 2.75) is 121 Å². The number of carbonyl (C=O) groups is 2. The van der Waals surface area contributed by atoms with Crippen LogP contribution in [0.2, 0.25) is 0 Å². The summed E-state index contributed by atoms with van der Waals surface area (Å²) in [7, 11) is 0. The first-order valence-electron chi connectivity index (χ1n) is 20.4. The topological polar surface area (TPSA) is 97.7 Å². The van der Waals surface area contributed by atoms with E-state index < -0.39 is 12.1 Å². The maximum atomic E-state index is 14.2. The molecule has 5 rings (SSSR count). The summed E-state index contributed by atoms with van der Waals surface area (Å²) in [6.07, 6.45) is 8.97. The molecular weight excluding hydrogens is 703 g/mol. The number of urea groups is 1. The molecule has 0 aromatic heterocycles. The number of likely N-dealkylation sites (tertiary alicyclic amines) is 1. The van der Waals surface area contributed by atoms with Gasteiger partial charge in [-0.05, 0) is 100 Å². The summed E-state index contributed by atoms with van der Waals surface area (Å²) >= 11 is 1.39. The first kappa shape index (κ1) is 45.1. The molecule has 1 fully saturated rings. The minimum Gasteiger partial charge on any atom is -0.491 e. The number of thioether (sulfide) groups is 1. The van der Waals surface area contributed by atoms with E-state index in [1.54, 1.807) is 17.9 Å². The molecule has 3 aliphatic heterocycles. The second-order valence-electron chi connectivity index (χ2n) is 14.5. The maximum absolute atomic E-state index is 14.2. The van der Waals surface area contributed by atoms with Gasteiger partial charge in [0.2, 0.25) is 0 Å². The number of aryl methyl sites for hydroxylation is 1. The second kappa shape index (κ2) is 22.3. The summed E-state index contributed by atoms with van der Waals surface area (Å²) in [5, 5.41) is 16.7. The van der Waals surface area contributed by atoms with Crippen LogP contribution < -0.4 is 20.3 Å². The molecule has 2 N–H and O–H groups in total. The monoisotopic (exact) mass is 767 g/mol. The van der Waals surface area contributed by atoms with Gasteiger partial charge in [0.15, 0.2) is 0 Å². The summed E-state index contributed by atoms with van der Waals surface area (Å²) < 4.78 is 6.37. The number of anilines is 2. The molecule has 8 nitrogen and oxygen atoms in total. The predicted octanol–water partition coefficient (Wildman–Crippen LogP) is 11.7. The van der Waals surface area contributed by atoms with Gasteiger partial charge in [-0.25, -0.2) is 4.79 Å². The molecule has 298 valence electrons. The Hall–Kier alpha value is -4.26. The molecule has 2 aromatic rings. The van der Waals surface area contributed by atoms with Gasteiger partial charge in [0.05, 0.1) is 34.5 Å². The Balaban J connectivity index is 0.00000155. The summed E-state index contributed by atoms with van der Waals surface area (Å²) in [6, 6.07) is 15.2. The predicted molar refractivity (Wildman–Crippen MR) is 232 cm³/mol. The molecule has 1 saturated heterocycles. The quantitative estimate of drug-likeness (QED) is 0.221. The van der Waals surface area contributed by atoms with Crippen LogP contribution in [0.25, 0.3) is 0 Å². The van der Waals surface area contributed by atoms with Crippen LogP contribution in [0.15, 0.2) is 86.8 Å². The van der Waals surface area contributed by atoms with Crippen molar-refractivity contribution in [3.05, 3.63) is 98.0 Å². The number of rotatable bonds is 11. The van der Waals surface area contributed by atoms with E-state index in [4.69, 9.17) is 4.74 Å². The normalized spacial score (nSPS) is 19.0. The average Bonchev–Trinajstić information content (AvgIpc) is 3.19. The number of para-hydroxylation sites is 1. The molecule has 9 heteroatoms. The average molecular weight is 768 g/mol. The van der Waals surface area contributed by atoms with Crippen LogP contribution in [-0.4, -0.2) is 42.6 Å². The van der Waals surface area contributed by atoms with Crippen molar-refractivity contribution in [3.8, 4) is 11.8 Å². The lowest BCUT2D eigenvalue weighted by Crippen LogP contribution is -2.52. The Labute approximate surface area is 336 Å². The molecule has 0 bridgehead atoms. The third-order valence-electron chi connectivity index (χ3n) is 9.99. The first-order chi connectivity index (χ1) is 26.5. The highest BCUT2D eigenvalue weighted by Gasteiger charge is 2.41. The van der Waals surface area contributed by atoms with Gasteiger partial charge in [0, 0.05) is 22.7 Å². The molecule has 0 radical (unpaired) electrons. The van der Waals surface area contributed by atoms with Crippen LogP contribution in [0.4, 0.5) is 16.2 Å². The second-order valence-corrected chi connectivity index (χ2v) is 15.6. The molecule has 0 aliphatic carbocycles. The number of amides is 3. The van der Waals surface area contributed by atoms with Gasteiger partial charge in [-0.1, -0.05) is 116 Å². The smallest absolute Gasteiger partial charge is 0.327 e. The highest BCUT2D eigenvalue weighted by molar-refractivity contribution is 8.08. The largest absolute Gasteiger partial charge is 0.491 e. The molecule has 2 unspecified atom stereocenters. The molecule has 2 atom stereocenters. The summed E-state index contributed by atoms with van der Waals surface area (Å²) in [6.45, 7) is 26.4. The molecule has 3 aliphatic rings. The fraction of sp³-hybridized carbons (Fsp3) is 0.500. The zero-order valence-electron chi connectivity index (χ0n) is 35.3. The van der Waals surface area contributed by atoms with E-state index in [0.717, 1.165) is 65.7 Å². The maximum Gasteiger partial charge on any atom is 0.327 e. The highest BCUT2D eigenvalue weighted by atomic mass is 32.2. The molecule has 0 spiro atoms. The van der Waals surface area contributed by atoms with Crippen molar-refractivity contribution >= 4 is 35.1 Å². The van der Waals surface area contributed by atoms with Crippen molar-refractivity contribution in [2.24, 2.45) is 11.8 Å². The zero-order chi connectivity index (χ0) is 40.7. The first-order valence-corrected chi connectivity index (χ1v) is 21.2. The highest BCUT2D eigenvalue weighted by Crippen LogP contribution is 2.48. The summed E-state index contributed by atoms with van der Waals surface area (Å²) in [5.74, 6) is 1.50. The lowest BCUT2D eigenvalue weighted by Gasteiger charge is -2.40. The number of piperidine rings is 1. The van der Waals surface area contributed by atoms with Crippen LogP contribution >= 0.6 is 11.8 Å². The SMILES string of the molecule is C/C=C(/C#N)C1=C2C(=C(C)CC)SC(C(=O)Nc3ccc(CN4CCC(C)CC4)cc3)=CC2NC(=O)N1c1cccc(C)c1OCC(C)CC.CC.CCC. The van der Waals surface area contributed by atoms with Crippen LogP contribution in [0.3, 0.4) is 0 Å². The minimum absolute atomic E-state index is 0.239. The van der Waals surface area contributed by atoms with E-state index in [2.05, 4.69) is 75.3 Å². The fourth-order valence-corrected chi connectivity index (χ4v) is 7.64. The summed E-state index contributed by atoms with van der Waals surface area (Å²) in [5.41, 5.74) is 6.15. The number of nitrogens with one attached hydrogen (secondary N) is 2. The van der Waals surface area contributed by atoms with Crippen LogP contribution in [0.5, 0.6) is 5.75 Å². The molecule has 2 aromatic carbocycles. The van der Waals surface area contributed by atoms with Crippen molar-refractivity contribution in [1.29, 1.82) is 5.26 Å². The number of nitrogens with zero attached hydrogens (tertiary/aromatic N) is 3. The van der Waals surface area contributed by atoms with E-state index in [1.807, 2.05) is 64.1 Å². The van der Waals surface area contributed by atoms with Crippen molar-refractivity contribution in [2.75, 3.05) is 29.9 Å². The Morgan fingerprint density at radius 2 is 1.76 bits per heavy atom. The van der Waals surface area contributed by atoms with Crippen LogP contribution in [0, 0.1) is 30.1 Å². The standard InChI is InChI=1S/C41H51N5O3S.C3H8.C2H6/c1-8-26(4)25-49-38-29(7)12-11-13-34(38)46-37(31(10-3)23-42)36-33(44-41(46)48)22-35(50-39(36)28(6)9-2)40(47)43-32-16-14-30(15-17-32)24-45-20-18-27(5)19-21-45;1-3-2;1-2/h10-17,22,26-27,33H,8-9,18-21,24-25H2,1-7H3,(H,43,47)(H,44,48);3H2,1-2H3;1-2H3/b31-10-,39-28?;;. The van der Waals surface area contributed by atoms with E-state index >= 15 is 0 Å². The Bertz CT molecular complexity index is 1780. The molecule has 3 heterocycles. The van der Waals surface area contributed by atoms with Crippen LogP contribution in [-0.2, 0) is 11.3 Å². The van der Waals surface area contributed by atoms with E-state index in [1.165, 1.54) is 36.6 Å². The Morgan fingerprint density at radius 1 is 1.11 bits per heavy atom. The Kier molecular flexibility index (Phi) is 18.3. The van der Waals surface area contributed by atoms with Gasteiger partial charge in [0.1, 0.15) is 11.8 Å². The van der Waals surface area contributed by atoms with Gasteiger partial charge >= 0.3 is 6.03 Å². The van der Waals surface area contributed by atoms with Crippen LogP contribution in [0.1, 0.15) is 112 Å². The lowest BCUT2D eigenvalue weighted by atomic mass is 9.92. The third-order valence-corrected chi connectivity index (χ3v) is 11.3. The number of nitriles is 1. The molecule has 55 heavy (non-hydrogen) atoms. The zero-order valence-corrected chi connectivity index (χ0v) is 36.1. The van der Waals surface area contributed by atoms with E-state index in [0.29, 0.717) is 40.1 Å². The fourth-order valence-electron chi connectivity index (χ4n) is 6.42. The number of carbonyl (C=O) groups excluding carboxylic acids is 2. The third kappa shape index (κ3) is 11.6. The number of ether oxygens (including phenoxy) is 1.